The van der Waals surface area contributed by atoms with Gasteiger partial charge >= 0.3 is 5.97 Å². The molecule has 104 valence electrons. The second-order valence-electron chi connectivity index (χ2n) is 5.33. The summed E-state index contributed by atoms with van der Waals surface area (Å²) in [5.41, 5.74) is 0.618. The third kappa shape index (κ3) is 4.67. The molecule has 0 bridgehead atoms. The Balaban J connectivity index is 1.71. The molecule has 0 heterocycles. The SMILES string of the molecule is C[C@H](CNC1CCCCC1)OC(=O)c1ccccc1. The molecule has 2 rings (SSSR count). The minimum atomic E-state index is -0.237. The van der Waals surface area contributed by atoms with Crippen LogP contribution in [0.1, 0.15) is 49.4 Å². The Morgan fingerprint density at radius 1 is 1.26 bits per heavy atom. The molecule has 3 nitrogen and oxygen atoms in total. The van der Waals surface area contributed by atoms with E-state index in [1.807, 2.05) is 25.1 Å². The van der Waals surface area contributed by atoms with Gasteiger partial charge in [0.2, 0.25) is 0 Å². The Morgan fingerprint density at radius 2 is 1.95 bits per heavy atom. The molecule has 1 fully saturated rings. The first kappa shape index (κ1) is 14.1. The van der Waals surface area contributed by atoms with Gasteiger partial charge in [0.25, 0.3) is 0 Å². The first-order valence-corrected chi connectivity index (χ1v) is 7.25. The van der Waals surface area contributed by atoms with Gasteiger partial charge in [-0.3, -0.25) is 0 Å². The molecule has 3 heteroatoms. The van der Waals surface area contributed by atoms with E-state index in [9.17, 15) is 4.79 Å². The van der Waals surface area contributed by atoms with Gasteiger partial charge in [-0.1, -0.05) is 37.5 Å². The van der Waals surface area contributed by atoms with Crippen LogP contribution in [0.15, 0.2) is 30.3 Å². The van der Waals surface area contributed by atoms with E-state index in [1.54, 1.807) is 12.1 Å². The van der Waals surface area contributed by atoms with E-state index in [2.05, 4.69) is 5.32 Å². The summed E-state index contributed by atoms with van der Waals surface area (Å²) in [6.07, 6.45) is 6.40. The number of esters is 1. The number of carbonyl (C=O) groups excluding carboxylic acids is 1. The van der Waals surface area contributed by atoms with Gasteiger partial charge in [-0.05, 0) is 31.9 Å². The van der Waals surface area contributed by atoms with Crippen LogP contribution in [-0.4, -0.2) is 24.7 Å². The number of carbonyl (C=O) groups is 1. The van der Waals surface area contributed by atoms with Crippen LogP contribution in [0.3, 0.4) is 0 Å². The molecule has 1 aromatic carbocycles. The van der Waals surface area contributed by atoms with Gasteiger partial charge in [0.1, 0.15) is 6.10 Å². The average Bonchev–Trinajstić information content (AvgIpc) is 2.47. The lowest BCUT2D eigenvalue weighted by Crippen LogP contribution is -2.37. The van der Waals surface area contributed by atoms with Crippen molar-refractivity contribution >= 4 is 5.97 Å². The molecule has 1 N–H and O–H groups in total. The maximum absolute atomic E-state index is 11.9. The zero-order valence-electron chi connectivity index (χ0n) is 11.6. The van der Waals surface area contributed by atoms with Gasteiger partial charge in [-0.2, -0.15) is 0 Å². The van der Waals surface area contributed by atoms with Gasteiger partial charge < -0.3 is 10.1 Å². The molecule has 0 amide bonds. The Kier molecular flexibility index (Phi) is 5.40. The Labute approximate surface area is 115 Å². The van der Waals surface area contributed by atoms with Crippen LogP contribution in [0.5, 0.6) is 0 Å². The van der Waals surface area contributed by atoms with E-state index in [4.69, 9.17) is 4.74 Å². The summed E-state index contributed by atoms with van der Waals surface area (Å²) >= 11 is 0. The molecule has 0 aliphatic heterocycles. The van der Waals surface area contributed by atoms with Crippen molar-refractivity contribution < 1.29 is 9.53 Å². The monoisotopic (exact) mass is 261 g/mol. The molecule has 1 saturated carbocycles. The highest BCUT2D eigenvalue weighted by Gasteiger charge is 2.16. The third-order valence-corrected chi connectivity index (χ3v) is 3.62. The smallest absolute Gasteiger partial charge is 0.338 e. The van der Waals surface area contributed by atoms with E-state index in [1.165, 1.54) is 32.1 Å². The highest BCUT2D eigenvalue weighted by molar-refractivity contribution is 5.89. The molecule has 1 atom stereocenters. The van der Waals surface area contributed by atoms with Crippen molar-refractivity contribution in [2.24, 2.45) is 0 Å². The minimum absolute atomic E-state index is 0.0883. The molecular formula is C16H23NO2. The molecular weight excluding hydrogens is 238 g/mol. The maximum atomic E-state index is 11.9. The lowest BCUT2D eigenvalue weighted by molar-refractivity contribution is 0.0334. The standard InChI is InChI=1S/C16H23NO2/c1-13(12-17-15-10-6-3-7-11-15)19-16(18)14-8-4-2-5-9-14/h2,4-5,8-9,13,15,17H,3,6-7,10-12H2,1H3/t13-/m1/s1. The number of benzene rings is 1. The van der Waals surface area contributed by atoms with Gasteiger partial charge in [0, 0.05) is 12.6 Å². The van der Waals surface area contributed by atoms with Gasteiger partial charge in [0.15, 0.2) is 0 Å². The quantitative estimate of drug-likeness (QED) is 0.827. The lowest BCUT2D eigenvalue weighted by Gasteiger charge is -2.24. The summed E-state index contributed by atoms with van der Waals surface area (Å²) in [6.45, 7) is 2.68. The molecule has 1 aliphatic carbocycles. The summed E-state index contributed by atoms with van der Waals surface area (Å²) in [5.74, 6) is -0.237. The van der Waals surface area contributed by atoms with Crippen molar-refractivity contribution in [2.45, 2.75) is 51.2 Å². The topological polar surface area (TPSA) is 38.3 Å². The number of rotatable bonds is 5. The summed E-state index contributed by atoms with van der Waals surface area (Å²) in [4.78, 5) is 11.9. The number of ether oxygens (including phenoxy) is 1. The molecule has 0 unspecified atom stereocenters. The molecule has 1 aromatic rings. The first-order chi connectivity index (χ1) is 9.25. The fourth-order valence-electron chi connectivity index (χ4n) is 2.51. The first-order valence-electron chi connectivity index (χ1n) is 7.25. The van der Waals surface area contributed by atoms with Crippen LogP contribution in [0.4, 0.5) is 0 Å². The van der Waals surface area contributed by atoms with Crippen molar-refractivity contribution in [3.05, 3.63) is 35.9 Å². The van der Waals surface area contributed by atoms with E-state index in [0.29, 0.717) is 11.6 Å². The predicted molar refractivity (Wildman–Crippen MR) is 76.2 cm³/mol. The minimum Gasteiger partial charge on any atom is -0.458 e. The van der Waals surface area contributed by atoms with Gasteiger partial charge in [0.05, 0.1) is 5.56 Å². The molecule has 0 radical (unpaired) electrons. The predicted octanol–water partition coefficient (Wildman–Crippen LogP) is 3.15. The van der Waals surface area contributed by atoms with Crippen LogP contribution in [0, 0.1) is 0 Å². The number of nitrogens with one attached hydrogen (secondary N) is 1. The number of hydrogen-bond donors (Lipinski definition) is 1. The van der Waals surface area contributed by atoms with Crippen molar-refractivity contribution in [3.8, 4) is 0 Å². The second kappa shape index (κ2) is 7.29. The van der Waals surface area contributed by atoms with E-state index in [0.717, 1.165) is 6.54 Å². The van der Waals surface area contributed by atoms with E-state index >= 15 is 0 Å². The zero-order valence-corrected chi connectivity index (χ0v) is 11.6. The van der Waals surface area contributed by atoms with E-state index < -0.39 is 0 Å². The van der Waals surface area contributed by atoms with Crippen LogP contribution < -0.4 is 5.32 Å². The zero-order chi connectivity index (χ0) is 13.5. The molecule has 0 aromatic heterocycles. The molecule has 1 aliphatic rings. The van der Waals surface area contributed by atoms with Crippen molar-refractivity contribution in [2.75, 3.05) is 6.54 Å². The molecule has 19 heavy (non-hydrogen) atoms. The number of hydrogen-bond acceptors (Lipinski definition) is 3. The Morgan fingerprint density at radius 3 is 2.63 bits per heavy atom. The normalized spacial score (nSPS) is 17.9. The largest absolute Gasteiger partial charge is 0.458 e. The fraction of sp³-hybridized carbons (Fsp3) is 0.562. The summed E-state index contributed by atoms with van der Waals surface area (Å²) < 4.78 is 5.43. The summed E-state index contributed by atoms with van der Waals surface area (Å²) in [7, 11) is 0. The van der Waals surface area contributed by atoms with Crippen LogP contribution in [-0.2, 0) is 4.74 Å². The maximum Gasteiger partial charge on any atom is 0.338 e. The van der Waals surface area contributed by atoms with Crippen molar-refractivity contribution in [1.29, 1.82) is 0 Å². The van der Waals surface area contributed by atoms with Crippen LogP contribution in [0.2, 0.25) is 0 Å². The summed E-state index contributed by atoms with van der Waals surface area (Å²) in [6, 6.07) is 9.76. The third-order valence-electron chi connectivity index (χ3n) is 3.62. The van der Waals surface area contributed by atoms with Gasteiger partial charge in [-0.25, -0.2) is 4.79 Å². The fourth-order valence-corrected chi connectivity index (χ4v) is 2.51. The Hall–Kier alpha value is -1.35. The Bertz CT molecular complexity index is 385. The molecule has 0 saturated heterocycles. The van der Waals surface area contributed by atoms with Crippen molar-refractivity contribution in [3.63, 3.8) is 0 Å². The summed E-state index contributed by atoms with van der Waals surface area (Å²) in [5, 5.41) is 3.50. The molecule has 0 spiro atoms. The van der Waals surface area contributed by atoms with Crippen molar-refractivity contribution in [1.82, 2.24) is 5.32 Å². The lowest BCUT2D eigenvalue weighted by atomic mass is 9.95. The van der Waals surface area contributed by atoms with Gasteiger partial charge in [-0.15, -0.1) is 0 Å². The highest BCUT2D eigenvalue weighted by atomic mass is 16.5. The van der Waals surface area contributed by atoms with Crippen LogP contribution >= 0.6 is 0 Å². The average molecular weight is 261 g/mol. The van der Waals surface area contributed by atoms with Crippen LogP contribution in [0.25, 0.3) is 0 Å². The second-order valence-corrected chi connectivity index (χ2v) is 5.33. The van der Waals surface area contributed by atoms with E-state index in [-0.39, 0.29) is 12.1 Å². The highest BCUT2D eigenvalue weighted by Crippen LogP contribution is 2.17.